The van der Waals surface area contributed by atoms with Crippen LogP contribution in [-0.2, 0) is 0 Å². The normalized spacial score (nSPS) is 35.8. The van der Waals surface area contributed by atoms with Crippen molar-refractivity contribution in [3.05, 3.63) is 0 Å². The minimum Gasteiger partial charge on any atom is -0.314 e. The zero-order chi connectivity index (χ0) is 9.10. The lowest BCUT2D eigenvalue weighted by molar-refractivity contribution is 0.305. The first-order chi connectivity index (χ1) is 6.42. The van der Waals surface area contributed by atoms with Gasteiger partial charge in [0.1, 0.15) is 0 Å². The van der Waals surface area contributed by atoms with Crippen LogP contribution in [0.4, 0.5) is 0 Å². The molecule has 2 aliphatic rings. The highest BCUT2D eigenvalue weighted by Crippen LogP contribution is 2.43. The van der Waals surface area contributed by atoms with Crippen molar-refractivity contribution in [3.63, 3.8) is 0 Å². The van der Waals surface area contributed by atoms with Crippen molar-refractivity contribution < 1.29 is 0 Å². The predicted molar refractivity (Wildman–Crippen MR) is 56.8 cm³/mol. The fraction of sp³-hybridized carbons (Fsp3) is 1.00. The van der Waals surface area contributed by atoms with E-state index in [2.05, 4.69) is 12.2 Å². The molecule has 0 bridgehead atoms. The van der Waals surface area contributed by atoms with E-state index in [0.717, 1.165) is 24.4 Å². The largest absolute Gasteiger partial charge is 0.314 e. The van der Waals surface area contributed by atoms with Gasteiger partial charge in [-0.2, -0.15) is 0 Å². The van der Waals surface area contributed by atoms with Crippen molar-refractivity contribution in [1.29, 1.82) is 0 Å². The summed E-state index contributed by atoms with van der Waals surface area (Å²) >= 11 is 0. The molecule has 0 spiro atoms. The van der Waals surface area contributed by atoms with Crippen molar-refractivity contribution >= 4 is 0 Å². The Labute approximate surface area is 82.3 Å². The van der Waals surface area contributed by atoms with E-state index in [9.17, 15) is 0 Å². The van der Waals surface area contributed by atoms with Crippen LogP contribution in [0, 0.1) is 11.8 Å². The van der Waals surface area contributed by atoms with E-state index in [1.807, 2.05) is 0 Å². The molecule has 0 saturated heterocycles. The molecule has 2 saturated carbocycles. The highest BCUT2D eigenvalue weighted by molar-refractivity contribution is 4.90. The SMILES string of the molecule is CCNC1CCCCCC1C1CC1. The monoisotopic (exact) mass is 181 g/mol. The summed E-state index contributed by atoms with van der Waals surface area (Å²) in [5, 5.41) is 3.70. The zero-order valence-electron chi connectivity index (χ0n) is 8.89. The third-order valence-corrected chi connectivity index (χ3v) is 3.76. The van der Waals surface area contributed by atoms with Crippen LogP contribution in [0.15, 0.2) is 0 Å². The van der Waals surface area contributed by atoms with E-state index >= 15 is 0 Å². The Morgan fingerprint density at radius 3 is 2.46 bits per heavy atom. The number of hydrogen-bond donors (Lipinski definition) is 1. The molecule has 0 aromatic carbocycles. The average Bonchev–Trinajstić information content (AvgIpc) is 2.88. The predicted octanol–water partition coefficient (Wildman–Crippen LogP) is 2.95. The zero-order valence-corrected chi connectivity index (χ0v) is 8.89. The lowest BCUT2D eigenvalue weighted by Crippen LogP contribution is -2.36. The third kappa shape index (κ3) is 2.46. The van der Waals surface area contributed by atoms with Gasteiger partial charge in [0.05, 0.1) is 0 Å². The molecule has 76 valence electrons. The summed E-state index contributed by atoms with van der Waals surface area (Å²) < 4.78 is 0. The lowest BCUT2D eigenvalue weighted by Gasteiger charge is -2.25. The van der Waals surface area contributed by atoms with Crippen LogP contribution in [0.3, 0.4) is 0 Å². The first-order valence-corrected chi connectivity index (χ1v) is 6.15. The lowest BCUT2D eigenvalue weighted by atomic mass is 9.90. The molecule has 0 aromatic rings. The van der Waals surface area contributed by atoms with Crippen LogP contribution < -0.4 is 5.32 Å². The van der Waals surface area contributed by atoms with E-state index in [4.69, 9.17) is 0 Å². The van der Waals surface area contributed by atoms with Gasteiger partial charge >= 0.3 is 0 Å². The summed E-state index contributed by atoms with van der Waals surface area (Å²) in [4.78, 5) is 0. The molecule has 0 amide bonds. The second-order valence-electron chi connectivity index (χ2n) is 4.80. The fourth-order valence-electron chi connectivity index (χ4n) is 2.94. The molecule has 0 aliphatic heterocycles. The number of hydrogen-bond acceptors (Lipinski definition) is 1. The summed E-state index contributed by atoms with van der Waals surface area (Å²) in [5.74, 6) is 2.13. The second-order valence-corrected chi connectivity index (χ2v) is 4.80. The minimum absolute atomic E-state index is 0.861. The molecule has 1 nitrogen and oxygen atoms in total. The van der Waals surface area contributed by atoms with Gasteiger partial charge in [-0.1, -0.05) is 26.2 Å². The van der Waals surface area contributed by atoms with Crippen LogP contribution >= 0.6 is 0 Å². The molecule has 2 unspecified atom stereocenters. The quantitative estimate of drug-likeness (QED) is 0.660. The summed E-state index contributed by atoms with van der Waals surface area (Å²) in [6, 6.07) is 0.861. The highest BCUT2D eigenvalue weighted by atomic mass is 14.9. The number of rotatable bonds is 3. The molecule has 0 aromatic heterocycles. The van der Waals surface area contributed by atoms with Crippen LogP contribution in [0.5, 0.6) is 0 Å². The van der Waals surface area contributed by atoms with E-state index in [-0.39, 0.29) is 0 Å². The third-order valence-electron chi connectivity index (χ3n) is 3.76. The van der Waals surface area contributed by atoms with Gasteiger partial charge < -0.3 is 5.32 Å². The van der Waals surface area contributed by atoms with Crippen molar-refractivity contribution in [1.82, 2.24) is 5.32 Å². The molecule has 2 rings (SSSR count). The van der Waals surface area contributed by atoms with E-state index in [1.54, 1.807) is 0 Å². The van der Waals surface area contributed by atoms with Gasteiger partial charge in [-0.05, 0) is 44.1 Å². The van der Waals surface area contributed by atoms with E-state index in [1.165, 1.54) is 44.9 Å². The standard InChI is InChI=1S/C12H23N/c1-2-13-12-7-5-3-4-6-11(12)10-8-9-10/h10-13H,2-9H2,1H3. The fourth-order valence-corrected chi connectivity index (χ4v) is 2.94. The van der Waals surface area contributed by atoms with Crippen LogP contribution in [0.1, 0.15) is 51.9 Å². The molecule has 0 radical (unpaired) electrons. The van der Waals surface area contributed by atoms with Gasteiger partial charge in [-0.25, -0.2) is 0 Å². The highest BCUT2D eigenvalue weighted by Gasteiger charge is 2.36. The minimum atomic E-state index is 0.861. The molecule has 13 heavy (non-hydrogen) atoms. The van der Waals surface area contributed by atoms with Gasteiger partial charge in [0.25, 0.3) is 0 Å². The Bertz CT molecular complexity index is 151. The Morgan fingerprint density at radius 2 is 1.77 bits per heavy atom. The molecular formula is C12H23N. The van der Waals surface area contributed by atoms with E-state index in [0.29, 0.717) is 0 Å². The summed E-state index contributed by atoms with van der Waals surface area (Å²) in [7, 11) is 0. The van der Waals surface area contributed by atoms with Gasteiger partial charge in [0.2, 0.25) is 0 Å². The Balaban J connectivity index is 1.91. The Morgan fingerprint density at radius 1 is 1.00 bits per heavy atom. The van der Waals surface area contributed by atoms with Crippen molar-refractivity contribution in [2.24, 2.45) is 11.8 Å². The topological polar surface area (TPSA) is 12.0 Å². The van der Waals surface area contributed by atoms with Gasteiger partial charge in [-0.15, -0.1) is 0 Å². The maximum atomic E-state index is 3.70. The van der Waals surface area contributed by atoms with Crippen molar-refractivity contribution in [2.45, 2.75) is 57.9 Å². The average molecular weight is 181 g/mol. The molecule has 2 atom stereocenters. The van der Waals surface area contributed by atoms with Crippen molar-refractivity contribution in [2.75, 3.05) is 6.54 Å². The molecule has 1 N–H and O–H groups in total. The van der Waals surface area contributed by atoms with E-state index < -0.39 is 0 Å². The molecule has 2 fully saturated rings. The smallest absolute Gasteiger partial charge is 0.00978 e. The molecule has 0 heterocycles. The molecule has 1 heteroatoms. The second kappa shape index (κ2) is 4.45. The number of nitrogens with one attached hydrogen (secondary N) is 1. The van der Waals surface area contributed by atoms with Crippen LogP contribution in [0.25, 0.3) is 0 Å². The van der Waals surface area contributed by atoms with Crippen LogP contribution in [-0.4, -0.2) is 12.6 Å². The Hall–Kier alpha value is -0.0400. The van der Waals surface area contributed by atoms with Gasteiger partial charge in [0, 0.05) is 6.04 Å². The summed E-state index contributed by atoms with van der Waals surface area (Å²) in [6.45, 7) is 3.41. The molecule has 2 aliphatic carbocycles. The summed E-state index contributed by atoms with van der Waals surface area (Å²) in [5.41, 5.74) is 0. The first kappa shape index (κ1) is 9.51. The van der Waals surface area contributed by atoms with Gasteiger partial charge in [-0.3, -0.25) is 0 Å². The maximum absolute atomic E-state index is 3.70. The maximum Gasteiger partial charge on any atom is 0.00978 e. The Kier molecular flexibility index (Phi) is 3.26. The summed E-state index contributed by atoms with van der Waals surface area (Å²) in [6.07, 6.45) is 10.4. The van der Waals surface area contributed by atoms with Crippen LogP contribution in [0.2, 0.25) is 0 Å². The van der Waals surface area contributed by atoms with Gasteiger partial charge in [0.15, 0.2) is 0 Å². The van der Waals surface area contributed by atoms with Crippen molar-refractivity contribution in [3.8, 4) is 0 Å². The first-order valence-electron chi connectivity index (χ1n) is 6.15. The molecular weight excluding hydrogens is 158 g/mol.